The predicted molar refractivity (Wildman–Crippen MR) is 215 cm³/mol. The van der Waals surface area contributed by atoms with Crippen molar-refractivity contribution in [3.05, 3.63) is 0 Å². The zero-order chi connectivity index (χ0) is 37.6. The lowest BCUT2D eigenvalue weighted by molar-refractivity contribution is -0.167. The van der Waals surface area contributed by atoms with E-state index in [4.69, 9.17) is 14.2 Å². The van der Waals surface area contributed by atoms with Crippen molar-refractivity contribution in [3.8, 4) is 0 Å². The molecule has 0 amide bonds. The van der Waals surface area contributed by atoms with Gasteiger partial charge in [0.25, 0.3) is 0 Å². The Bertz CT molecular complexity index is 779. The SMILES string of the molecule is CCCCCCCCCC(=O)OC[C@@H](COC(=O)CCCCCCCCCCCCCCCC(C)C)OC(=O)CCCCCCCCCC(C)C. The average Bonchev–Trinajstić information content (AvgIpc) is 3.09. The van der Waals surface area contributed by atoms with Crippen molar-refractivity contribution in [2.45, 2.75) is 246 Å². The number of carbonyl (C=O) groups excluding carboxylic acids is 3. The molecule has 0 saturated heterocycles. The second-order valence-corrected chi connectivity index (χ2v) is 16.3. The smallest absolute Gasteiger partial charge is 0.306 e. The predicted octanol–water partition coefficient (Wildman–Crippen LogP) is 13.8. The Balaban J connectivity index is 4.23. The van der Waals surface area contributed by atoms with Gasteiger partial charge in [0.1, 0.15) is 13.2 Å². The van der Waals surface area contributed by atoms with Crippen molar-refractivity contribution in [2.24, 2.45) is 11.8 Å². The molecule has 0 aliphatic rings. The van der Waals surface area contributed by atoms with Crippen LogP contribution in [0, 0.1) is 11.8 Å². The van der Waals surface area contributed by atoms with E-state index >= 15 is 0 Å². The molecular weight excluding hydrogens is 636 g/mol. The van der Waals surface area contributed by atoms with Crippen LogP contribution in [0.15, 0.2) is 0 Å². The summed E-state index contributed by atoms with van der Waals surface area (Å²) in [5.41, 5.74) is 0. The summed E-state index contributed by atoms with van der Waals surface area (Å²) in [4.78, 5) is 37.5. The Hall–Kier alpha value is -1.59. The van der Waals surface area contributed by atoms with E-state index < -0.39 is 6.10 Å². The fourth-order valence-electron chi connectivity index (χ4n) is 6.58. The van der Waals surface area contributed by atoms with Crippen molar-refractivity contribution in [3.63, 3.8) is 0 Å². The molecule has 302 valence electrons. The topological polar surface area (TPSA) is 78.9 Å². The van der Waals surface area contributed by atoms with Gasteiger partial charge in [-0.3, -0.25) is 14.4 Å². The first-order valence-corrected chi connectivity index (χ1v) is 22.2. The maximum absolute atomic E-state index is 12.6. The first-order valence-electron chi connectivity index (χ1n) is 22.2. The summed E-state index contributed by atoms with van der Waals surface area (Å²) in [5, 5.41) is 0. The number of hydrogen-bond acceptors (Lipinski definition) is 6. The van der Waals surface area contributed by atoms with Crippen molar-refractivity contribution in [1.29, 1.82) is 0 Å². The molecule has 0 rings (SSSR count). The summed E-state index contributed by atoms with van der Waals surface area (Å²) in [7, 11) is 0. The highest BCUT2D eigenvalue weighted by atomic mass is 16.6. The summed E-state index contributed by atoms with van der Waals surface area (Å²) in [6.45, 7) is 11.3. The van der Waals surface area contributed by atoms with Gasteiger partial charge in [-0.05, 0) is 31.1 Å². The van der Waals surface area contributed by atoms with Gasteiger partial charge in [0.2, 0.25) is 0 Å². The van der Waals surface area contributed by atoms with E-state index in [2.05, 4.69) is 34.6 Å². The Kier molecular flexibility index (Phi) is 37.0. The van der Waals surface area contributed by atoms with Gasteiger partial charge in [0.15, 0.2) is 6.10 Å². The standard InChI is InChI=1S/C45H86O6/c1-6-7-8-9-18-25-30-35-43(46)49-38-42(51-45(48)37-32-27-22-17-20-24-29-34-41(4)5)39-50-44(47)36-31-26-21-16-14-12-10-11-13-15-19-23-28-33-40(2)3/h40-42H,6-39H2,1-5H3/t42-/m0/s1. The molecule has 0 unspecified atom stereocenters. The first-order chi connectivity index (χ1) is 24.7. The van der Waals surface area contributed by atoms with E-state index in [1.165, 1.54) is 128 Å². The molecule has 0 N–H and O–H groups in total. The molecule has 51 heavy (non-hydrogen) atoms. The first kappa shape index (κ1) is 49.4. The molecule has 0 aromatic heterocycles. The molecule has 0 fully saturated rings. The van der Waals surface area contributed by atoms with Crippen LogP contribution >= 0.6 is 0 Å². The van der Waals surface area contributed by atoms with E-state index in [9.17, 15) is 14.4 Å². The number of hydrogen-bond donors (Lipinski definition) is 0. The van der Waals surface area contributed by atoms with Crippen molar-refractivity contribution < 1.29 is 28.6 Å². The molecule has 1 atom stereocenters. The van der Waals surface area contributed by atoms with Gasteiger partial charge in [-0.25, -0.2) is 0 Å². The van der Waals surface area contributed by atoms with Crippen LogP contribution in [-0.4, -0.2) is 37.2 Å². The van der Waals surface area contributed by atoms with E-state index in [-0.39, 0.29) is 31.1 Å². The number of ether oxygens (including phenoxy) is 3. The summed E-state index contributed by atoms with van der Waals surface area (Å²) in [6, 6.07) is 0. The minimum absolute atomic E-state index is 0.0659. The van der Waals surface area contributed by atoms with Crippen LogP contribution in [0.4, 0.5) is 0 Å². The highest BCUT2D eigenvalue weighted by Gasteiger charge is 2.19. The maximum atomic E-state index is 12.6. The van der Waals surface area contributed by atoms with Crippen LogP contribution in [0.25, 0.3) is 0 Å². The number of unbranched alkanes of at least 4 members (excludes halogenated alkanes) is 24. The van der Waals surface area contributed by atoms with E-state index in [1.54, 1.807) is 0 Å². The summed E-state index contributed by atoms with van der Waals surface area (Å²) < 4.78 is 16.6. The third kappa shape index (κ3) is 39.5. The Labute approximate surface area is 317 Å². The highest BCUT2D eigenvalue weighted by molar-refractivity contribution is 5.71. The van der Waals surface area contributed by atoms with Crippen LogP contribution in [-0.2, 0) is 28.6 Å². The third-order valence-corrected chi connectivity index (χ3v) is 9.97. The fourth-order valence-corrected chi connectivity index (χ4v) is 6.58. The third-order valence-electron chi connectivity index (χ3n) is 9.97. The zero-order valence-electron chi connectivity index (χ0n) is 34.7. The van der Waals surface area contributed by atoms with Crippen LogP contribution in [0.3, 0.4) is 0 Å². The highest BCUT2D eigenvalue weighted by Crippen LogP contribution is 2.16. The van der Waals surface area contributed by atoms with Gasteiger partial charge in [-0.15, -0.1) is 0 Å². The Morgan fingerprint density at radius 1 is 0.373 bits per heavy atom. The second kappa shape index (κ2) is 38.1. The molecule has 0 spiro atoms. The van der Waals surface area contributed by atoms with E-state index in [0.29, 0.717) is 19.3 Å². The number of carbonyl (C=O) groups is 3. The maximum Gasteiger partial charge on any atom is 0.306 e. The number of rotatable bonds is 39. The van der Waals surface area contributed by atoms with Gasteiger partial charge in [-0.2, -0.15) is 0 Å². The van der Waals surface area contributed by atoms with E-state index in [0.717, 1.165) is 69.6 Å². The average molecular weight is 723 g/mol. The molecule has 0 aliphatic heterocycles. The zero-order valence-corrected chi connectivity index (χ0v) is 34.7. The normalized spacial score (nSPS) is 12.1. The van der Waals surface area contributed by atoms with E-state index in [1.807, 2.05) is 0 Å². The molecule has 0 saturated carbocycles. The van der Waals surface area contributed by atoms with Crippen LogP contribution in [0.5, 0.6) is 0 Å². The summed E-state index contributed by atoms with van der Waals surface area (Å²) in [6.07, 6.45) is 35.4. The van der Waals surface area contributed by atoms with Crippen LogP contribution < -0.4 is 0 Å². The lowest BCUT2D eigenvalue weighted by Crippen LogP contribution is -2.30. The molecule has 0 heterocycles. The molecular formula is C45H86O6. The minimum Gasteiger partial charge on any atom is -0.462 e. The summed E-state index contributed by atoms with van der Waals surface area (Å²) >= 11 is 0. The number of esters is 3. The lowest BCUT2D eigenvalue weighted by Gasteiger charge is -2.18. The Morgan fingerprint density at radius 2 is 0.647 bits per heavy atom. The monoisotopic (exact) mass is 723 g/mol. The van der Waals surface area contributed by atoms with Crippen molar-refractivity contribution in [2.75, 3.05) is 13.2 Å². The van der Waals surface area contributed by atoms with Crippen molar-refractivity contribution in [1.82, 2.24) is 0 Å². The molecule has 0 bridgehead atoms. The quantitative estimate of drug-likeness (QED) is 0.0357. The van der Waals surface area contributed by atoms with Crippen molar-refractivity contribution >= 4 is 17.9 Å². The molecule has 0 aromatic rings. The Morgan fingerprint density at radius 3 is 0.961 bits per heavy atom. The minimum atomic E-state index is -0.759. The van der Waals surface area contributed by atoms with Gasteiger partial charge in [0, 0.05) is 19.3 Å². The van der Waals surface area contributed by atoms with Gasteiger partial charge in [-0.1, -0.05) is 202 Å². The lowest BCUT2D eigenvalue weighted by atomic mass is 10.0. The van der Waals surface area contributed by atoms with Gasteiger partial charge >= 0.3 is 17.9 Å². The van der Waals surface area contributed by atoms with Crippen LogP contribution in [0.2, 0.25) is 0 Å². The van der Waals surface area contributed by atoms with Gasteiger partial charge < -0.3 is 14.2 Å². The summed E-state index contributed by atoms with van der Waals surface area (Å²) in [5.74, 6) is 0.750. The second-order valence-electron chi connectivity index (χ2n) is 16.3. The molecule has 6 heteroatoms. The molecule has 6 nitrogen and oxygen atoms in total. The van der Waals surface area contributed by atoms with Crippen LogP contribution in [0.1, 0.15) is 240 Å². The largest absolute Gasteiger partial charge is 0.462 e. The molecule has 0 radical (unpaired) electrons. The molecule has 0 aromatic carbocycles. The molecule has 0 aliphatic carbocycles. The fraction of sp³-hybridized carbons (Fsp3) is 0.933. The van der Waals surface area contributed by atoms with Gasteiger partial charge in [0.05, 0.1) is 0 Å².